The number of benzene rings is 2. The highest BCUT2D eigenvalue weighted by Gasteiger charge is 2.46. The van der Waals surface area contributed by atoms with Gasteiger partial charge < -0.3 is 24.2 Å². The van der Waals surface area contributed by atoms with Crippen molar-refractivity contribution in [3.8, 4) is 11.5 Å². The number of ether oxygens (including phenoxy) is 3. The van der Waals surface area contributed by atoms with Crippen molar-refractivity contribution in [2.24, 2.45) is 0 Å². The molecule has 0 spiro atoms. The lowest BCUT2D eigenvalue weighted by Crippen LogP contribution is -2.39. The average Bonchev–Trinajstić information content (AvgIpc) is 3.22. The first-order chi connectivity index (χ1) is 19.4. The number of aliphatic hydroxyl groups excluding tert-OH is 1. The number of Topliss-reactive ketones (excluding diaryl/α,β-unsaturated/α-hetero) is 1. The highest BCUT2D eigenvalue weighted by molar-refractivity contribution is 6.46. The van der Waals surface area contributed by atoms with Crippen LogP contribution >= 0.6 is 0 Å². The second kappa shape index (κ2) is 14.3. The van der Waals surface area contributed by atoms with E-state index in [1.807, 2.05) is 6.92 Å². The van der Waals surface area contributed by atoms with Crippen LogP contribution in [-0.2, 0) is 14.3 Å². The van der Waals surface area contributed by atoms with Crippen LogP contribution in [0.2, 0.25) is 0 Å². The zero-order chi connectivity index (χ0) is 28.5. The molecule has 2 saturated heterocycles. The third-order valence-corrected chi connectivity index (χ3v) is 7.22. The number of rotatable bonds is 13. The maximum atomic E-state index is 13.6. The first-order valence-corrected chi connectivity index (χ1v) is 14.2. The van der Waals surface area contributed by atoms with Crippen molar-refractivity contribution < 1.29 is 33.3 Å². The Hall–Kier alpha value is -3.43. The van der Waals surface area contributed by atoms with E-state index in [0.717, 1.165) is 38.9 Å². The summed E-state index contributed by atoms with van der Waals surface area (Å²) in [5.74, 6) is -1.14. The molecule has 216 valence electrons. The Balaban J connectivity index is 1.68. The highest BCUT2D eigenvalue weighted by Crippen LogP contribution is 2.42. The largest absolute Gasteiger partial charge is 0.507 e. The van der Waals surface area contributed by atoms with E-state index in [1.54, 1.807) is 18.2 Å². The number of morpholine rings is 1. The van der Waals surface area contributed by atoms with E-state index < -0.39 is 23.5 Å². The van der Waals surface area contributed by atoms with E-state index >= 15 is 0 Å². The van der Waals surface area contributed by atoms with Crippen LogP contribution in [0.5, 0.6) is 11.5 Å². The fourth-order valence-electron chi connectivity index (χ4n) is 5.13. The monoisotopic (exact) mass is 554 g/mol. The summed E-state index contributed by atoms with van der Waals surface area (Å²) in [5, 5.41) is 11.3. The molecule has 4 rings (SSSR count). The van der Waals surface area contributed by atoms with Crippen LogP contribution in [0.4, 0.5) is 4.39 Å². The Morgan fingerprint density at radius 1 is 0.975 bits per heavy atom. The lowest BCUT2D eigenvalue weighted by Gasteiger charge is -2.29. The maximum absolute atomic E-state index is 13.6. The number of halogens is 1. The number of aliphatic hydroxyl groups is 1. The van der Waals surface area contributed by atoms with Crippen molar-refractivity contribution in [3.05, 3.63) is 65.0 Å². The van der Waals surface area contributed by atoms with Gasteiger partial charge in [-0.2, -0.15) is 0 Å². The number of carbonyl (C=O) groups is 2. The number of hydrogen-bond donors (Lipinski definition) is 1. The molecular weight excluding hydrogens is 515 g/mol. The van der Waals surface area contributed by atoms with Crippen LogP contribution in [0.3, 0.4) is 0 Å². The molecule has 0 aromatic heterocycles. The van der Waals surface area contributed by atoms with Gasteiger partial charge in [0.1, 0.15) is 11.6 Å². The molecule has 40 heavy (non-hydrogen) atoms. The van der Waals surface area contributed by atoms with E-state index in [-0.39, 0.29) is 16.9 Å². The lowest BCUT2D eigenvalue weighted by atomic mass is 9.95. The molecule has 0 radical (unpaired) electrons. The van der Waals surface area contributed by atoms with Gasteiger partial charge in [0.2, 0.25) is 0 Å². The number of carbonyl (C=O) groups excluding carboxylic acids is 2. The number of hydrogen-bond acceptors (Lipinski definition) is 7. The molecule has 2 aliphatic heterocycles. The van der Waals surface area contributed by atoms with Crippen molar-refractivity contribution in [1.29, 1.82) is 0 Å². The smallest absolute Gasteiger partial charge is 0.295 e. The summed E-state index contributed by atoms with van der Waals surface area (Å²) < 4.78 is 30.9. The third-order valence-electron chi connectivity index (χ3n) is 7.22. The van der Waals surface area contributed by atoms with E-state index in [1.165, 1.54) is 29.2 Å². The molecule has 1 atom stereocenters. The van der Waals surface area contributed by atoms with Crippen LogP contribution in [0.1, 0.15) is 56.7 Å². The van der Waals surface area contributed by atoms with E-state index in [2.05, 4.69) is 11.8 Å². The van der Waals surface area contributed by atoms with Gasteiger partial charge in [0.15, 0.2) is 11.5 Å². The Morgan fingerprint density at radius 2 is 1.73 bits per heavy atom. The molecule has 2 fully saturated rings. The summed E-state index contributed by atoms with van der Waals surface area (Å²) in [6, 6.07) is 9.75. The summed E-state index contributed by atoms with van der Waals surface area (Å²) in [6.07, 6.45) is 3.71. The van der Waals surface area contributed by atoms with Gasteiger partial charge in [0, 0.05) is 31.7 Å². The van der Waals surface area contributed by atoms with Crippen molar-refractivity contribution in [1.82, 2.24) is 9.80 Å². The summed E-state index contributed by atoms with van der Waals surface area (Å²) in [7, 11) is 0. The van der Waals surface area contributed by atoms with Gasteiger partial charge in [-0.05, 0) is 61.7 Å². The van der Waals surface area contributed by atoms with Gasteiger partial charge in [-0.25, -0.2) is 4.39 Å². The summed E-state index contributed by atoms with van der Waals surface area (Å²) in [5.41, 5.74) is 0.860. The zero-order valence-corrected chi connectivity index (χ0v) is 23.4. The SMILES string of the molecule is CCCCCOc1ccc(C2C(=C(O)c3ccc(F)cc3)C(=O)C(=O)N2CCCN2CCOCC2)cc1OCC. The van der Waals surface area contributed by atoms with E-state index in [0.29, 0.717) is 56.5 Å². The number of amides is 1. The molecule has 1 N–H and O–H groups in total. The predicted octanol–water partition coefficient (Wildman–Crippen LogP) is 4.94. The van der Waals surface area contributed by atoms with Crippen LogP contribution in [0.25, 0.3) is 5.76 Å². The molecule has 8 nitrogen and oxygen atoms in total. The fourth-order valence-corrected chi connectivity index (χ4v) is 5.13. The molecule has 2 aromatic rings. The molecular formula is C31H39FN2O6. The van der Waals surface area contributed by atoms with E-state index in [4.69, 9.17) is 14.2 Å². The number of nitrogens with zero attached hydrogens (tertiary/aromatic N) is 2. The fraction of sp³-hybridized carbons (Fsp3) is 0.484. The Bertz CT molecular complexity index is 1190. The minimum absolute atomic E-state index is 0.0259. The zero-order valence-electron chi connectivity index (χ0n) is 23.4. The highest BCUT2D eigenvalue weighted by atomic mass is 19.1. The Morgan fingerprint density at radius 3 is 2.42 bits per heavy atom. The molecule has 0 saturated carbocycles. The van der Waals surface area contributed by atoms with Gasteiger partial charge in [-0.1, -0.05) is 25.8 Å². The van der Waals surface area contributed by atoms with Gasteiger partial charge in [-0.15, -0.1) is 0 Å². The normalized spacial score (nSPS) is 19.3. The first kappa shape index (κ1) is 29.6. The number of likely N-dealkylation sites (tertiary alicyclic amines) is 1. The summed E-state index contributed by atoms with van der Waals surface area (Å²) >= 11 is 0. The third kappa shape index (κ3) is 7.01. The van der Waals surface area contributed by atoms with Crippen molar-refractivity contribution in [2.45, 2.75) is 45.6 Å². The molecule has 9 heteroatoms. The molecule has 1 unspecified atom stereocenters. The van der Waals surface area contributed by atoms with Crippen molar-refractivity contribution >= 4 is 17.4 Å². The molecule has 1 amide bonds. The quantitative estimate of drug-likeness (QED) is 0.162. The maximum Gasteiger partial charge on any atom is 0.295 e. The second-order valence-corrected chi connectivity index (χ2v) is 10.0. The molecule has 2 aromatic carbocycles. The molecule has 0 aliphatic carbocycles. The van der Waals surface area contributed by atoms with Crippen LogP contribution in [0, 0.1) is 5.82 Å². The average molecular weight is 555 g/mol. The van der Waals surface area contributed by atoms with Gasteiger partial charge in [0.25, 0.3) is 11.7 Å². The van der Waals surface area contributed by atoms with E-state index in [9.17, 15) is 19.1 Å². The van der Waals surface area contributed by atoms with Crippen LogP contribution < -0.4 is 9.47 Å². The van der Waals surface area contributed by atoms with Gasteiger partial charge >= 0.3 is 0 Å². The van der Waals surface area contributed by atoms with Gasteiger partial charge in [-0.3, -0.25) is 14.5 Å². The standard InChI is InChI=1S/C31H39FN2O6/c1-3-5-6-18-40-25-13-10-23(21-26(25)39-4-2)28-27(29(35)22-8-11-24(32)12-9-22)30(36)31(37)34(28)15-7-14-33-16-19-38-20-17-33/h8-13,21,28,35H,3-7,14-20H2,1-2H3. The van der Waals surface area contributed by atoms with Crippen LogP contribution in [-0.4, -0.2) is 79.2 Å². The lowest BCUT2D eigenvalue weighted by molar-refractivity contribution is -0.140. The Kier molecular flexibility index (Phi) is 10.5. The van der Waals surface area contributed by atoms with Crippen molar-refractivity contribution in [3.63, 3.8) is 0 Å². The number of ketones is 1. The second-order valence-electron chi connectivity index (χ2n) is 10.0. The molecule has 2 heterocycles. The minimum Gasteiger partial charge on any atom is -0.507 e. The molecule has 0 bridgehead atoms. The predicted molar refractivity (Wildman–Crippen MR) is 150 cm³/mol. The summed E-state index contributed by atoms with van der Waals surface area (Å²) in [4.78, 5) is 30.5. The first-order valence-electron chi connectivity index (χ1n) is 14.2. The summed E-state index contributed by atoms with van der Waals surface area (Å²) in [6.45, 7) is 9.04. The molecule has 2 aliphatic rings. The Labute approximate surface area is 235 Å². The topological polar surface area (TPSA) is 88.5 Å². The van der Waals surface area contributed by atoms with Gasteiger partial charge in [0.05, 0.1) is 38.0 Å². The van der Waals surface area contributed by atoms with Crippen molar-refractivity contribution in [2.75, 3.05) is 52.6 Å². The minimum atomic E-state index is -0.830. The number of unbranched alkanes of at least 4 members (excludes halogenated alkanes) is 2. The van der Waals surface area contributed by atoms with Crippen LogP contribution in [0.15, 0.2) is 48.0 Å².